The summed E-state index contributed by atoms with van der Waals surface area (Å²) in [5.74, 6) is -0.360. The molecule has 0 atom stereocenters. The molecule has 0 amide bonds. The minimum absolute atomic E-state index is 0.118. The van der Waals surface area contributed by atoms with Gasteiger partial charge in [-0.1, -0.05) is 42.1 Å². The van der Waals surface area contributed by atoms with Crippen LogP contribution in [0.15, 0.2) is 52.7 Å². The van der Waals surface area contributed by atoms with E-state index in [1.54, 1.807) is 0 Å². The first kappa shape index (κ1) is 19.0. The van der Waals surface area contributed by atoms with Gasteiger partial charge in [0.25, 0.3) is 0 Å². The molecule has 8 heteroatoms. The molecule has 2 aromatic carbocycles. The molecule has 0 saturated heterocycles. The number of nitrogens with zero attached hydrogens (tertiary/aromatic N) is 2. The van der Waals surface area contributed by atoms with Crippen LogP contribution in [-0.2, 0) is 11.9 Å². The predicted octanol–water partition coefficient (Wildman–Crippen LogP) is 4.73. The molecule has 2 N–H and O–H groups in total. The number of hydrogen-bond donors (Lipinski definition) is 1. The summed E-state index contributed by atoms with van der Waals surface area (Å²) in [6.45, 7) is 1.07. The highest BCUT2D eigenvalue weighted by molar-refractivity contribution is 8.13. The maximum Gasteiger partial charge on any atom is 0.417 e. The van der Waals surface area contributed by atoms with Gasteiger partial charge in [-0.15, -0.1) is 5.10 Å². The van der Waals surface area contributed by atoms with Crippen molar-refractivity contribution in [1.82, 2.24) is 0 Å². The van der Waals surface area contributed by atoms with Crippen molar-refractivity contribution in [1.29, 1.82) is 0 Å². The van der Waals surface area contributed by atoms with E-state index in [2.05, 4.69) is 10.2 Å². The maximum absolute atomic E-state index is 13.4. The van der Waals surface area contributed by atoms with Gasteiger partial charge in [-0.2, -0.15) is 18.3 Å². The minimum Gasteiger partial charge on any atom is -0.377 e. The van der Waals surface area contributed by atoms with Gasteiger partial charge in [0, 0.05) is 11.3 Å². The molecule has 0 spiro atoms. The average Bonchev–Trinajstić information content (AvgIpc) is 2.56. The van der Waals surface area contributed by atoms with Gasteiger partial charge in [-0.25, -0.2) is 4.39 Å². The van der Waals surface area contributed by atoms with Gasteiger partial charge in [-0.3, -0.25) is 0 Å². The molecule has 0 unspecified atom stereocenters. The van der Waals surface area contributed by atoms with Crippen molar-refractivity contribution in [3.63, 3.8) is 0 Å². The van der Waals surface area contributed by atoms with Gasteiger partial charge in [0.05, 0.1) is 11.8 Å². The predicted molar refractivity (Wildman–Crippen MR) is 93.1 cm³/mol. The molecule has 0 radical (unpaired) electrons. The van der Waals surface area contributed by atoms with Gasteiger partial charge in [-0.05, 0) is 30.2 Å². The third-order valence-corrected chi connectivity index (χ3v) is 4.15. The van der Waals surface area contributed by atoms with Crippen molar-refractivity contribution < 1.29 is 17.6 Å². The third kappa shape index (κ3) is 5.32. The second-order valence-electron chi connectivity index (χ2n) is 5.09. The Bertz CT molecular complexity index is 786. The van der Waals surface area contributed by atoms with Crippen LogP contribution >= 0.6 is 11.8 Å². The first-order valence-electron chi connectivity index (χ1n) is 7.18. The smallest absolute Gasteiger partial charge is 0.377 e. The Hall–Kier alpha value is -2.35. The number of amidine groups is 1. The number of rotatable bonds is 4. The van der Waals surface area contributed by atoms with Gasteiger partial charge in [0.15, 0.2) is 5.17 Å². The number of nitrogens with two attached hydrogens (primary N) is 1. The summed E-state index contributed by atoms with van der Waals surface area (Å²) in [6.07, 6.45) is -3.77. The van der Waals surface area contributed by atoms with Crippen molar-refractivity contribution in [2.24, 2.45) is 15.9 Å². The van der Waals surface area contributed by atoms with Gasteiger partial charge < -0.3 is 5.73 Å². The van der Waals surface area contributed by atoms with Crippen molar-refractivity contribution in [2.45, 2.75) is 18.9 Å². The summed E-state index contributed by atoms with van der Waals surface area (Å²) in [5, 5.41) is 7.39. The van der Waals surface area contributed by atoms with Gasteiger partial charge in [0.2, 0.25) is 0 Å². The Morgan fingerprint density at radius 1 is 1.16 bits per heavy atom. The second-order valence-corrected chi connectivity index (χ2v) is 6.09. The highest BCUT2D eigenvalue weighted by Gasteiger charge is 2.35. The topological polar surface area (TPSA) is 50.7 Å². The lowest BCUT2D eigenvalue weighted by Gasteiger charge is -2.13. The van der Waals surface area contributed by atoms with Crippen LogP contribution in [0, 0.1) is 12.7 Å². The van der Waals surface area contributed by atoms with Crippen molar-refractivity contribution in [2.75, 3.05) is 0 Å². The lowest BCUT2D eigenvalue weighted by Crippen LogP contribution is -2.12. The zero-order valence-corrected chi connectivity index (χ0v) is 14.0. The van der Waals surface area contributed by atoms with Crippen LogP contribution in [0.4, 0.5) is 17.6 Å². The van der Waals surface area contributed by atoms with Crippen LogP contribution in [0.2, 0.25) is 0 Å². The Morgan fingerprint density at radius 3 is 2.48 bits per heavy atom. The lowest BCUT2D eigenvalue weighted by molar-refractivity contribution is -0.138. The molecule has 2 rings (SSSR count). The van der Waals surface area contributed by atoms with E-state index in [1.807, 2.05) is 30.3 Å². The Balaban J connectivity index is 2.12. The fourth-order valence-electron chi connectivity index (χ4n) is 2.10. The van der Waals surface area contributed by atoms with E-state index in [4.69, 9.17) is 5.73 Å². The molecule has 0 bridgehead atoms. The van der Waals surface area contributed by atoms with Crippen molar-refractivity contribution in [3.05, 3.63) is 70.5 Å². The van der Waals surface area contributed by atoms with E-state index < -0.39 is 23.1 Å². The van der Waals surface area contributed by atoms with Crippen LogP contribution in [0.3, 0.4) is 0 Å². The number of alkyl halides is 3. The summed E-state index contributed by atoms with van der Waals surface area (Å²) in [5.41, 5.74) is 4.90. The van der Waals surface area contributed by atoms with Crippen LogP contribution in [0.5, 0.6) is 0 Å². The van der Waals surface area contributed by atoms with Crippen LogP contribution < -0.4 is 5.73 Å². The highest BCUT2D eigenvalue weighted by Crippen LogP contribution is 2.34. The van der Waals surface area contributed by atoms with Gasteiger partial charge in [0.1, 0.15) is 5.82 Å². The largest absolute Gasteiger partial charge is 0.417 e. The molecule has 0 saturated carbocycles. The summed E-state index contributed by atoms with van der Waals surface area (Å²) >= 11 is 1.21. The van der Waals surface area contributed by atoms with E-state index in [-0.39, 0.29) is 10.7 Å². The van der Waals surface area contributed by atoms with E-state index >= 15 is 0 Å². The standard InChI is InChI=1S/C17H15F4N3S/c1-11-14(18)8-7-13(15(11)17(19,20)21)9-23-24-16(22)25-10-12-5-3-2-4-6-12/h2-9H,10H2,1H3,(H2,22,24). The van der Waals surface area contributed by atoms with Crippen LogP contribution in [0.1, 0.15) is 22.3 Å². The highest BCUT2D eigenvalue weighted by atomic mass is 32.2. The van der Waals surface area contributed by atoms with E-state index in [0.717, 1.165) is 30.8 Å². The SMILES string of the molecule is Cc1c(F)ccc(C=NN=C(N)SCc2ccccc2)c1C(F)(F)F. The molecule has 0 aliphatic rings. The Labute approximate surface area is 146 Å². The zero-order valence-electron chi connectivity index (χ0n) is 13.2. The number of halogens is 4. The van der Waals surface area contributed by atoms with E-state index in [1.165, 1.54) is 11.8 Å². The molecule has 2 aromatic rings. The van der Waals surface area contributed by atoms with Crippen molar-refractivity contribution in [3.8, 4) is 0 Å². The average molecular weight is 369 g/mol. The Kier molecular flexibility index (Phi) is 6.19. The molecular weight excluding hydrogens is 354 g/mol. The molecule has 25 heavy (non-hydrogen) atoms. The summed E-state index contributed by atoms with van der Waals surface area (Å²) in [7, 11) is 0. The lowest BCUT2D eigenvalue weighted by atomic mass is 10.0. The third-order valence-electron chi connectivity index (χ3n) is 3.30. The first-order chi connectivity index (χ1) is 11.8. The summed E-state index contributed by atoms with van der Waals surface area (Å²) < 4.78 is 52.7. The monoisotopic (exact) mass is 369 g/mol. The second kappa shape index (κ2) is 8.15. The molecule has 0 aliphatic carbocycles. The molecule has 0 heterocycles. The molecule has 0 aliphatic heterocycles. The number of hydrogen-bond acceptors (Lipinski definition) is 3. The van der Waals surface area contributed by atoms with Crippen molar-refractivity contribution >= 4 is 23.1 Å². The molecular formula is C17H15F4N3S. The normalized spacial score (nSPS) is 12.8. The minimum atomic E-state index is -4.69. The number of thioether (sulfide) groups is 1. The fourth-order valence-corrected chi connectivity index (χ4v) is 2.71. The molecule has 3 nitrogen and oxygen atoms in total. The summed E-state index contributed by atoms with van der Waals surface area (Å²) in [4.78, 5) is 0. The summed E-state index contributed by atoms with van der Waals surface area (Å²) in [6, 6.07) is 11.5. The fraction of sp³-hybridized carbons (Fsp3) is 0.176. The van der Waals surface area contributed by atoms with E-state index in [0.29, 0.717) is 5.75 Å². The maximum atomic E-state index is 13.4. The zero-order chi connectivity index (χ0) is 18.4. The molecule has 0 aromatic heterocycles. The first-order valence-corrected chi connectivity index (χ1v) is 8.17. The van der Waals surface area contributed by atoms with Crippen LogP contribution in [-0.4, -0.2) is 11.4 Å². The number of benzene rings is 2. The molecule has 0 fully saturated rings. The quantitative estimate of drug-likeness (QED) is 0.366. The van der Waals surface area contributed by atoms with E-state index in [9.17, 15) is 17.6 Å². The van der Waals surface area contributed by atoms with Crippen LogP contribution in [0.25, 0.3) is 0 Å². The van der Waals surface area contributed by atoms with Gasteiger partial charge >= 0.3 is 6.18 Å². The molecule has 132 valence electrons. The Morgan fingerprint density at radius 2 is 1.84 bits per heavy atom.